The van der Waals surface area contributed by atoms with Crippen LogP contribution in [-0.2, 0) is 13.3 Å². The zero-order valence-corrected chi connectivity index (χ0v) is 17.1. The molecule has 0 aromatic heterocycles. The maximum absolute atomic E-state index is 5.53. The maximum Gasteiger partial charge on any atom is 0.500 e. The van der Waals surface area contributed by atoms with Crippen molar-refractivity contribution in [3.63, 3.8) is 0 Å². The predicted molar refractivity (Wildman–Crippen MR) is 90.4 cm³/mol. The van der Waals surface area contributed by atoms with E-state index in [-0.39, 0.29) is 0 Å². The Morgan fingerprint density at radius 1 is 0.737 bits per heavy atom. The second-order valence-corrected chi connectivity index (χ2v) is 16.6. The summed E-state index contributed by atoms with van der Waals surface area (Å²) in [4.78, 5) is 0. The van der Waals surface area contributed by atoms with Gasteiger partial charge in [-0.2, -0.15) is 0 Å². The molecular weight excluding hydrogens is 390 g/mol. The normalized spacial score (nSPS) is 12.0. The Hall–Kier alpha value is 1.76. The van der Waals surface area contributed by atoms with Gasteiger partial charge in [0.2, 0.25) is 0 Å². The Balaban J connectivity index is 0. The van der Waals surface area contributed by atoms with Gasteiger partial charge in [-0.05, 0) is 18.9 Å². The van der Waals surface area contributed by atoms with Gasteiger partial charge in [-0.1, -0.05) is 0 Å². The number of alkyl halides is 2. The number of hydrogen-bond acceptors (Lipinski definition) is 3. The number of rotatable bonds is 9. The highest BCUT2D eigenvalue weighted by molar-refractivity contribution is 7.64. The summed E-state index contributed by atoms with van der Waals surface area (Å²) in [6, 6.07) is -0.900. The molecule has 0 atom stereocenters. The second kappa shape index (κ2) is 13.4. The van der Waals surface area contributed by atoms with Crippen molar-refractivity contribution in [3.8, 4) is 0 Å². The first-order valence-corrected chi connectivity index (χ1v) is 13.9. The Morgan fingerprint density at radius 2 is 1.11 bits per heavy atom. The third-order valence-corrected chi connectivity index (χ3v) is 8.13. The molecular formula is C9H21Cl5O3Si2. The minimum absolute atomic E-state index is 0.584. The highest BCUT2D eigenvalue weighted by Gasteiger charge is 2.36. The van der Waals surface area contributed by atoms with Gasteiger partial charge in [0.15, 0.2) is 0 Å². The smallest absolute Gasteiger partial charge is 0.377 e. The van der Waals surface area contributed by atoms with Gasteiger partial charge in [0.1, 0.15) is 0 Å². The zero-order chi connectivity index (χ0) is 15.4. The molecule has 0 aromatic carbocycles. The van der Waals surface area contributed by atoms with Crippen LogP contribution in [-0.4, -0.2) is 47.9 Å². The molecule has 0 N–H and O–H groups in total. The summed E-state index contributed by atoms with van der Waals surface area (Å²) < 4.78 is 15.5. The van der Waals surface area contributed by atoms with E-state index in [9.17, 15) is 0 Å². The van der Waals surface area contributed by atoms with Crippen molar-refractivity contribution in [1.29, 1.82) is 0 Å². The van der Waals surface area contributed by atoms with E-state index in [4.69, 9.17) is 69.7 Å². The van der Waals surface area contributed by atoms with Crippen LogP contribution in [0.25, 0.3) is 0 Å². The molecule has 0 radical (unpaired) electrons. The quantitative estimate of drug-likeness (QED) is 0.311. The van der Waals surface area contributed by atoms with E-state index in [1.54, 1.807) is 21.3 Å². The molecule has 0 aliphatic heterocycles. The summed E-state index contributed by atoms with van der Waals surface area (Å²) in [6.45, 7) is 0. The first-order chi connectivity index (χ1) is 8.80. The molecule has 0 amide bonds. The average Bonchev–Trinajstić information content (AvgIpc) is 2.39. The molecule has 0 aliphatic rings. The molecule has 0 rings (SSSR count). The zero-order valence-electron chi connectivity index (χ0n) is 11.4. The van der Waals surface area contributed by atoms with Crippen molar-refractivity contribution in [2.45, 2.75) is 24.9 Å². The Kier molecular flexibility index (Phi) is 16.3. The molecule has 0 saturated heterocycles. The molecule has 0 spiro atoms. The van der Waals surface area contributed by atoms with Gasteiger partial charge in [0.05, 0.1) is 0 Å². The van der Waals surface area contributed by atoms with E-state index in [1.165, 1.54) is 0 Å². The van der Waals surface area contributed by atoms with Crippen molar-refractivity contribution >= 4 is 71.2 Å². The summed E-state index contributed by atoms with van der Waals surface area (Å²) in [5.41, 5.74) is 0. The fourth-order valence-corrected chi connectivity index (χ4v) is 5.32. The summed E-state index contributed by atoms with van der Waals surface area (Å²) in [5.74, 6) is 1.20. The maximum atomic E-state index is 5.53. The summed E-state index contributed by atoms with van der Waals surface area (Å²) in [7, 11) is 2.49. The minimum atomic E-state index is -2.35. The Morgan fingerprint density at radius 3 is 1.32 bits per heavy atom. The third-order valence-electron chi connectivity index (χ3n) is 2.14. The van der Waals surface area contributed by atoms with E-state index in [0.717, 1.165) is 18.9 Å². The molecule has 19 heavy (non-hydrogen) atoms. The van der Waals surface area contributed by atoms with Crippen LogP contribution in [0.1, 0.15) is 12.8 Å². The molecule has 0 heterocycles. The molecule has 0 unspecified atom stereocenters. The van der Waals surface area contributed by atoms with E-state index >= 15 is 0 Å². The number of halogens is 5. The van der Waals surface area contributed by atoms with Crippen LogP contribution in [0, 0.1) is 0 Å². The lowest BCUT2D eigenvalue weighted by molar-refractivity contribution is 0.123. The monoisotopic (exact) mass is 408 g/mol. The second-order valence-electron chi connectivity index (χ2n) is 3.50. The van der Waals surface area contributed by atoms with Crippen molar-refractivity contribution in [3.05, 3.63) is 0 Å². The Labute approximate surface area is 142 Å². The van der Waals surface area contributed by atoms with E-state index in [2.05, 4.69) is 0 Å². The fraction of sp³-hybridized carbons (Fsp3) is 1.00. The summed E-state index contributed by atoms with van der Waals surface area (Å²) in [5, 5.41) is 0. The largest absolute Gasteiger partial charge is 0.500 e. The highest BCUT2D eigenvalue weighted by atomic mass is 35.8. The molecule has 0 aromatic rings. The van der Waals surface area contributed by atoms with E-state index in [0.29, 0.717) is 17.8 Å². The number of hydrogen-bond donors (Lipinski definition) is 0. The molecule has 10 heteroatoms. The van der Waals surface area contributed by atoms with E-state index in [1.807, 2.05) is 0 Å². The SMILES string of the molecule is CO[Si](CCCCl)(OC)OC.ClCCC[Si](Cl)(Cl)Cl. The molecule has 3 nitrogen and oxygen atoms in total. The van der Waals surface area contributed by atoms with Crippen molar-refractivity contribution < 1.29 is 13.3 Å². The van der Waals surface area contributed by atoms with Crippen molar-refractivity contribution in [2.24, 2.45) is 0 Å². The van der Waals surface area contributed by atoms with Gasteiger partial charge >= 0.3 is 14.8 Å². The summed E-state index contributed by atoms with van der Waals surface area (Å²) in [6.07, 6.45) is 1.67. The standard InChI is InChI=1S/C6H15ClO3Si.C3H6Cl4Si/c1-8-11(9-2,10-3)6-4-5-7;4-2-1-3-8(5,6)7/h4-6H2,1-3H3;1-3H2. The van der Waals surface area contributed by atoms with Crippen LogP contribution in [0.5, 0.6) is 0 Å². The predicted octanol–water partition coefficient (Wildman–Crippen LogP) is 4.76. The third kappa shape index (κ3) is 14.5. The van der Waals surface area contributed by atoms with Gasteiger partial charge in [0, 0.05) is 39.1 Å². The topological polar surface area (TPSA) is 27.7 Å². The van der Waals surface area contributed by atoms with E-state index < -0.39 is 14.8 Å². The van der Waals surface area contributed by atoms with Crippen LogP contribution >= 0.6 is 56.4 Å². The summed E-state index contributed by atoms with van der Waals surface area (Å²) >= 11 is 27.5. The van der Waals surface area contributed by atoms with Gasteiger partial charge in [0.25, 0.3) is 0 Å². The van der Waals surface area contributed by atoms with Gasteiger partial charge in [-0.15, -0.1) is 56.4 Å². The lowest BCUT2D eigenvalue weighted by atomic mass is 10.6. The van der Waals surface area contributed by atoms with Gasteiger partial charge in [-0.3, -0.25) is 0 Å². The Bertz CT molecular complexity index is 195. The average molecular weight is 411 g/mol. The van der Waals surface area contributed by atoms with Crippen LogP contribution in [0.3, 0.4) is 0 Å². The minimum Gasteiger partial charge on any atom is -0.377 e. The first kappa shape index (κ1) is 23.0. The van der Waals surface area contributed by atoms with Gasteiger partial charge < -0.3 is 13.3 Å². The van der Waals surface area contributed by atoms with Crippen molar-refractivity contribution in [1.82, 2.24) is 0 Å². The fourth-order valence-electron chi connectivity index (χ4n) is 1.11. The molecule has 0 aliphatic carbocycles. The molecule has 0 bridgehead atoms. The van der Waals surface area contributed by atoms with Crippen LogP contribution in [0.2, 0.25) is 12.1 Å². The molecule has 118 valence electrons. The van der Waals surface area contributed by atoms with Crippen LogP contribution in [0.4, 0.5) is 0 Å². The van der Waals surface area contributed by atoms with Crippen LogP contribution < -0.4 is 0 Å². The lowest BCUT2D eigenvalue weighted by Crippen LogP contribution is -2.42. The van der Waals surface area contributed by atoms with Crippen LogP contribution in [0.15, 0.2) is 0 Å². The van der Waals surface area contributed by atoms with Gasteiger partial charge in [-0.25, -0.2) is 0 Å². The lowest BCUT2D eigenvalue weighted by Gasteiger charge is -2.23. The molecule has 0 saturated carbocycles. The van der Waals surface area contributed by atoms with Crippen molar-refractivity contribution in [2.75, 3.05) is 33.1 Å². The first-order valence-electron chi connectivity index (χ1n) is 5.65. The molecule has 0 fully saturated rings. The highest BCUT2D eigenvalue weighted by Crippen LogP contribution is 2.26.